The molecule has 2 rings (SSSR count). The van der Waals surface area contributed by atoms with Gasteiger partial charge in [0, 0.05) is 37.3 Å². The van der Waals surface area contributed by atoms with Gasteiger partial charge < -0.3 is 5.32 Å². The Kier molecular flexibility index (Phi) is 4.87. The third-order valence-electron chi connectivity index (χ3n) is 3.55. The van der Waals surface area contributed by atoms with Gasteiger partial charge >= 0.3 is 0 Å². The number of hydrogen-bond acceptors (Lipinski definition) is 4. The standard InChI is InChI=1S/C14H21N3O2/c1-2-16(13-7-8-13)10-9-15-11-12-5-3-4-6-14(12)17(18)19/h3-6,13,15H,2,7-11H2,1H3. The summed E-state index contributed by atoms with van der Waals surface area (Å²) in [5.74, 6) is 0. The molecule has 0 spiro atoms. The molecule has 0 saturated heterocycles. The van der Waals surface area contributed by atoms with Gasteiger partial charge in [0.05, 0.1) is 4.92 Å². The lowest BCUT2D eigenvalue weighted by Gasteiger charge is -2.19. The molecule has 0 aromatic heterocycles. The Bertz CT molecular complexity index is 432. The van der Waals surface area contributed by atoms with Crippen molar-refractivity contribution in [3.8, 4) is 0 Å². The fraction of sp³-hybridized carbons (Fsp3) is 0.571. The molecule has 5 nitrogen and oxygen atoms in total. The third kappa shape index (κ3) is 4.01. The Labute approximate surface area is 113 Å². The zero-order chi connectivity index (χ0) is 13.7. The number of benzene rings is 1. The Morgan fingerprint density at radius 3 is 2.79 bits per heavy atom. The summed E-state index contributed by atoms with van der Waals surface area (Å²) in [7, 11) is 0. The van der Waals surface area contributed by atoms with Crippen molar-refractivity contribution in [1.82, 2.24) is 10.2 Å². The highest BCUT2D eigenvalue weighted by Crippen LogP contribution is 2.25. The maximum Gasteiger partial charge on any atom is 0.273 e. The van der Waals surface area contributed by atoms with Gasteiger partial charge in [-0.2, -0.15) is 0 Å². The summed E-state index contributed by atoms with van der Waals surface area (Å²) in [6.07, 6.45) is 2.63. The maximum absolute atomic E-state index is 10.9. The molecule has 5 heteroatoms. The van der Waals surface area contributed by atoms with Crippen LogP contribution in [0.1, 0.15) is 25.3 Å². The van der Waals surface area contributed by atoms with Crippen LogP contribution in [0.5, 0.6) is 0 Å². The molecule has 1 aliphatic carbocycles. The SMILES string of the molecule is CCN(CCNCc1ccccc1[N+](=O)[O-])C1CC1. The first-order chi connectivity index (χ1) is 9.22. The van der Waals surface area contributed by atoms with Crippen LogP contribution < -0.4 is 5.32 Å². The Hall–Kier alpha value is -1.46. The van der Waals surface area contributed by atoms with E-state index in [-0.39, 0.29) is 10.6 Å². The summed E-state index contributed by atoms with van der Waals surface area (Å²) in [5.41, 5.74) is 0.950. The van der Waals surface area contributed by atoms with Crippen molar-refractivity contribution in [2.24, 2.45) is 0 Å². The lowest BCUT2D eigenvalue weighted by Crippen LogP contribution is -2.33. The average Bonchev–Trinajstić information content (AvgIpc) is 3.23. The molecular weight excluding hydrogens is 242 g/mol. The van der Waals surface area contributed by atoms with Crippen LogP contribution in [0.15, 0.2) is 24.3 Å². The minimum absolute atomic E-state index is 0.199. The van der Waals surface area contributed by atoms with Gasteiger partial charge in [0.15, 0.2) is 0 Å². The van der Waals surface area contributed by atoms with Gasteiger partial charge in [0.25, 0.3) is 5.69 Å². The van der Waals surface area contributed by atoms with Gasteiger partial charge in [0.1, 0.15) is 0 Å². The van der Waals surface area contributed by atoms with Crippen LogP contribution in [0.2, 0.25) is 0 Å². The lowest BCUT2D eigenvalue weighted by atomic mass is 10.2. The molecule has 0 heterocycles. The van der Waals surface area contributed by atoms with Crippen molar-refractivity contribution < 1.29 is 4.92 Å². The fourth-order valence-corrected chi connectivity index (χ4v) is 2.32. The zero-order valence-electron chi connectivity index (χ0n) is 11.3. The molecule has 0 amide bonds. The number of nitro groups is 1. The topological polar surface area (TPSA) is 58.4 Å². The summed E-state index contributed by atoms with van der Waals surface area (Å²) in [6, 6.07) is 7.68. The van der Waals surface area contributed by atoms with Crippen LogP contribution in [0.4, 0.5) is 5.69 Å². The highest BCUT2D eigenvalue weighted by Gasteiger charge is 2.27. The number of para-hydroxylation sites is 1. The van der Waals surface area contributed by atoms with Gasteiger partial charge in [-0.05, 0) is 19.4 Å². The van der Waals surface area contributed by atoms with Crippen LogP contribution >= 0.6 is 0 Å². The van der Waals surface area contributed by atoms with Crippen LogP contribution in [0, 0.1) is 10.1 Å². The minimum atomic E-state index is -0.320. The van der Waals surface area contributed by atoms with E-state index in [9.17, 15) is 10.1 Å². The quantitative estimate of drug-likeness (QED) is 0.443. The lowest BCUT2D eigenvalue weighted by molar-refractivity contribution is -0.385. The molecule has 19 heavy (non-hydrogen) atoms. The molecule has 0 bridgehead atoms. The number of rotatable bonds is 8. The van der Waals surface area contributed by atoms with Crippen molar-refractivity contribution in [2.45, 2.75) is 32.4 Å². The van der Waals surface area contributed by atoms with E-state index in [0.29, 0.717) is 6.54 Å². The third-order valence-corrected chi connectivity index (χ3v) is 3.55. The molecule has 0 unspecified atom stereocenters. The Morgan fingerprint density at radius 1 is 1.42 bits per heavy atom. The molecule has 0 atom stereocenters. The number of hydrogen-bond donors (Lipinski definition) is 1. The van der Waals surface area contributed by atoms with Crippen LogP contribution in [0.3, 0.4) is 0 Å². The van der Waals surface area contributed by atoms with Gasteiger partial charge in [0.2, 0.25) is 0 Å². The summed E-state index contributed by atoms with van der Waals surface area (Å²) in [5, 5.41) is 14.2. The second kappa shape index (κ2) is 6.63. The van der Waals surface area contributed by atoms with Gasteiger partial charge in [-0.25, -0.2) is 0 Å². The van der Waals surface area contributed by atoms with Gasteiger partial charge in [-0.1, -0.05) is 25.1 Å². The number of nitrogens with zero attached hydrogens (tertiary/aromatic N) is 2. The monoisotopic (exact) mass is 263 g/mol. The summed E-state index contributed by atoms with van der Waals surface area (Å²) < 4.78 is 0. The summed E-state index contributed by atoms with van der Waals surface area (Å²) in [4.78, 5) is 13.0. The first kappa shape index (κ1) is 14.0. The van der Waals surface area contributed by atoms with E-state index in [4.69, 9.17) is 0 Å². The minimum Gasteiger partial charge on any atom is -0.311 e. The number of likely N-dealkylation sites (N-methyl/N-ethyl adjacent to an activating group) is 1. The normalized spacial score (nSPS) is 14.8. The van der Waals surface area contributed by atoms with E-state index in [1.165, 1.54) is 12.8 Å². The predicted molar refractivity (Wildman–Crippen MR) is 75.1 cm³/mol. The molecule has 1 aromatic carbocycles. The molecule has 1 N–H and O–H groups in total. The van der Waals surface area contributed by atoms with Crippen molar-refractivity contribution >= 4 is 5.69 Å². The second-order valence-electron chi connectivity index (χ2n) is 4.92. The van der Waals surface area contributed by atoms with E-state index in [1.54, 1.807) is 12.1 Å². The van der Waals surface area contributed by atoms with E-state index >= 15 is 0 Å². The first-order valence-corrected chi connectivity index (χ1v) is 6.89. The molecule has 0 radical (unpaired) electrons. The largest absolute Gasteiger partial charge is 0.311 e. The summed E-state index contributed by atoms with van der Waals surface area (Å²) in [6.45, 7) is 5.70. The molecule has 104 valence electrons. The van der Waals surface area contributed by atoms with Crippen molar-refractivity contribution in [3.05, 3.63) is 39.9 Å². The second-order valence-corrected chi connectivity index (χ2v) is 4.92. The molecule has 1 fully saturated rings. The predicted octanol–water partition coefficient (Wildman–Crippen LogP) is 2.17. The van der Waals surface area contributed by atoms with E-state index in [1.807, 2.05) is 12.1 Å². The van der Waals surface area contributed by atoms with Crippen molar-refractivity contribution in [3.63, 3.8) is 0 Å². The molecule has 1 aliphatic rings. The average molecular weight is 263 g/mol. The van der Waals surface area contributed by atoms with E-state index in [2.05, 4.69) is 17.1 Å². The van der Waals surface area contributed by atoms with Crippen molar-refractivity contribution in [2.75, 3.05) is 19.6 Å². The van der Waals surface area contributed by atoms with E-state index < -0.39 is 0 Å². The highest BCUT2D eigenvalue weighted by molar-refractivity contribution is 5.39. The number of nitro benzene ring substituents is 1. The summed E-state index contributed by atoms with van der Waals surface area (Å²) >= 11 is 0. The Balaban J connectivity index is 1.77. The fourth-order valence-electron chi connectivity index (χ4n) is 2.32. The first-order valence-electron chi connectivity index (χ1n) is 6.89. The Morgan fingerprint density at radius 2 is 2.16 bits per heavy atom. The van der Waals surface area contributed by atoms with Crippen molar-refractivity contribution in [1.29, 1.82) is 0 Å². The van der Waals surface area contributed by atoms with Gasteiger partial charge in [-0.3, -0.25) is 15.0 Å². The zero-order valence-corrected chi connectivity index (χ0v) is 11.3. The van der Waals surface area contributed by atoms with E-state index in [0.717, 1.165) is 31.2 Å². The molecule has 1 aromatic rings. The van der Waals surface area contributed by atoms with Gasteiger partial charge in [-0.15, -0.1) is 0 Å². The number of nitrogens with one attached hydrogen (secondary N) is 1. The molecule has 0 aliphatic heterocycles. The van der Waals surface area contributed by atoms with Crippen LogP contribution in [-0.4, -0.2) is 35.5 Å². The smallest absolute Gasteiger partial charge is 0.273 e. The molecule has 1 saturated carbocycles. The van der Waals surface area contributed by atoms with Crippen LogP contribution in [-0.2, 0) is 6.54 Å². The molecular formula is C14H21N3O2. The van der Waals surface area contributed by atoms with Crippen LogP contribution in [0.25, 0.3) is 0 Å². The highest BCUT2D eigenvalue weighted by atomic mass is 16.6. The maximum atomic E-state index is 10.9.